The molecule has 3 amide bonds. The minimum atomic E-state index is -0.668. The summed E-state index contributed by atoms with van der Waals surface area (Å²) in [7, 11) is 1.63. The van der Waals surface area contributed by atoms with Gasteiger partial charge in [-0.05, 0) is 48.5 Å². The molecule has 0 spiro atoms. The van der Waals surface area contributed by atoms with Crippen LogP contribution in [0.4, 0.5) is 27.5 Å². The number of carbonyl (C=O) groups excluding carboxylic acids is 3. The molecule has 0 saturated heterocycles. The molecule has 1 aliphatic rings. The largest absolute Gasteiger partial charge is 0.419 e. The molecule has 162 valence electrons. The lowest BCUT2D eigenvalue weighted by atomic mass is 10.1. The molecule has 4 rings (SSSR count). The zero-order chi connectivity index (χ0) is 22.5. The van der Waals surface area contributed by atoms with Crippen molar-refractivity contribution in [2.24, 2.45) is 0 Å². The number of para-hydroxylation sites is 3. The van der Waals surface area contributed by atoms with Crippen molar-refractivity contribution in [1.82, 2.24) is 0 Å². The predicted octanol–water partition coefficient (Wildman–Crippen LogP) is 4.08. The highest BCUT2D eigenvalue weighted by atomic mass is 16.6. The zero-order valence-electron chi connectivity index (χ0n) is 17.4. The third-order valence-corrected chi connectivity index (χ3v) is 4.98. The number of amides is 3. The molecule has 3 N–H and O–H groups in total. The van der Waals surface area contributed by atoms with Crippen LogP contribution in [0.5, 0.6) is 5.75 Å². The Labute approximate surface area is 185 Å². The molecule has 0 radical (unpaired) electrons. The van der Waals surface area contributed by atoms with Gasteiger partial charge in [0.25, 0.3) is 0 Å². The molecule has 0 aromatic heterocycles. The minimum absolute atomic E-state index is 0.0290. The Balaban J connectivity index is 1.31. The lowest BCUT2D eigenvalue weighted by molar-refractivity contribution is -0.122. The summed E-state index contributed by atoms with van der Waals surface area (Å²) in [6.45, 7) is 0. The molecule has 3 aromatic carbocycles. The van der Waals surface area contributed by atoms with Crippen LogP contribution >= 0.6 is 0 Å². The van der Waals surface area contributed by atoms with Gasteiger partial charge in [0.2, 0.25) is 11.8 Å². The van der Waals surface area contributed by atoms with Crippen molar-refractivity contribution in [3.8, 4) is 5.75 Å². The van der Waals surface area contributed by atoms with Gasteiger partial charge >= 0.3 is 6.09 Å². The topological polar surface area (TPSA) is 99.8 Å². The Hall–Kier alpha value is -4.33. The number of fused-ring (bicyclic) bond motifs is 1. The third kappa shape index (κ3) is 4.86. The maximum absolute atomic E-state index is 12.4. The molecule has 3 aromatic rings. The fourth-order valence-electron chi connectivity index (χ4n) is 3.26. The summed E-state index contributed by atoms with van der Waals surface area (Å²) in [5, 5.41) is 8.63. The van der Waals surface area contributed by atoms with E-state index in [1.165, 1.54) is 4.90 Å². The summed E-state index contributed by atoms with van der Waals surface area (Å²) in [6, 6.07) is 22.2. The highest BCUT2D eigenvalue weighted by molar-refractivity contribution is 6.06. The molecule has 1 heterocycles. The quantitative estimate of drug-likeness (QED) is 0.566. The zero-order valence-corrected chi connectivity index (χ0v) is 17.4. The van der Waals surface area contributed by atoms with E-state index in [-0.39, 0.29) is 18.2 Å². The van der Waals surface area contributed by atoms with Crippen LogP contribution in [-0.2, 0) is 9.59 Å². The highest BCUT2D eigenvalue weighted by Gasteiger charge is 2.27. The standard InChI is InChI=1S/C24H22N4O4/c1-28(17-7-3-2-4-8-17)24(31)32-18-13-11-16(12-14-18)25-22(29)15-21-23(30)27-20-10-6-5-9-19(20)26-21/h2-14,21,26H,15H2,1H3,(H,25,29)(H,27,30). The number of nitrogens with zero attached hydrogens (tertiary/aromatic N) is 1. The van der Waals surface area contributed by atoms with E-state index in [0.29, 0.717) is 22.8 Å². The third-order valence-electron chi connectivity index (χ3n) is 4.98. The SMILES string of the molecule is CN(C(=O)Oc1ccc(NC(=O)CC2Nc3ccccc3NC2=O)cc1)c1ccccc1. The number of anilines is 4. The van der Waals surface area contributed by atoms with Crippen molar-refractivity contribution in [2.45, 2.75) is 12.5 Å². The first-order valence-corrected chi connectivity index (χ1v) is 10.1. The minimum Gasteiger partial charge on any atom is -0.410 e. The fraction of sp³-hybridized carbons (Fsp3) is 0.125. The van der Waals surface area contributed by atoms with Crippen LogP contribution in [0.2, 0.25) is 0 Å². The summed E-state index contributed by atoms with van der Waals surface area (Å²) >= 11 is 0. The van der Waals surface area contributed by atoms with Crippen LogP contribution in [-0.4, -0.2) is 31.0 Å². The van der Waals surface area contributed by atoms with Crippen molar-refractivity contribution >= 4 is 40.7 Å². The Morgan fingerprint density at radius 2 is 1.59 bits per heavy atom. The summed E-state index contributed by atoms with van der Waals surface area (Å²) in [4.78, 5) is 38.4. The maximum Gasteiger partial charge on any atom is 0.419 e. The number of benzene rings is 3. The van der Waals surface area contributed by atoms with Gasteiger partial charge in [-0.3, -0.25) is 14.5 Å². The van der Waals surface area contributed by atoms with Crippen molar-refractivity contribution in [1.29, 1.82) is 0 Å². The molecular weight excluding hydrogens is 408 g/mol. The molecule has 0 fully saturated rings. The molecule has 32 heavy (non-hydrogen) atoms. The lowest BCUT2D eigenvalue weighted by Crippen LogP contribution is -2.41. The lowest BCUT2D eigenvalue weighted by Gasteiger charge is -2.26. The normalized spacial score (nSPS) is 14.4. The first kappa shape index (κ1) is 20.9. The van der Waals surface area contributed by atoms with Crippen molar-refractivity contribution < 1.29 is 19.1 Å². The summed E-state index contributed by atoms with van der Waals surface area (Å²) in [5.74, 6) is -0.227. The van der Waals surface area contributed by atoms with E-state index < -0.39 is 12.1 Å². The summed E-state index contributed by atoms with van der Waals surface area (Å²) < 4.78 is 5.37. The van der Waals surface area contributed by atoms with Crippen LogP contribution in [0.1, 0.15) is 6.42 Å². The molecule has 8 nitrogen and oxygen atoms in total. The van der Waals surface area contributed by atoms with Crippen molar-refractivity contribution in [3.05, 3.63) is 78.9 Å². The van der Waals surface area contributed by atoms with Gasteiger partial charge in [0.15, 0.2) is 0 Å². The van der Waals surface area contributed by atoms with Crippen molar-refractivity contribution in [3.63, 3.8) is 0 Å². The Kier molecular flexibility index (Phi) is 6.03. The molecule has 0 aliphatic carbocycles. The van der Waals surface area contributed by atoms with E-state index in [2.05, 4.69) is 16.0 Å². The first-order valence-electron chi connectivity index (χ1n) is 10.1. The second kappa shape index (κ2) is 9.22. The van der Waals surface area contributed by atoms with Crippen LogP contribution in [0.15, 0.2) is 78.9 Å². The molecule has 0 bridgehead atoms. The van der Waals surface area contributed by atoms with Crippen LogP contribution < -0.4 is 25.6 Å². The molecule has 8 heteroatoms. The van der Waals surface area contributed by atoms with Gasteiger partial charge in [-0.15, -0.1) is 0 Å². The predicted molar refractivity (Wildman–Crippen MR) is 123 cm³/mol. The van der Waals surface area contributed by atoms with Crippen LogP contribution in [0, 0.1) is 0 Å². The number of hydrogen-bond acceptors (Lipinski definition) is 5. The smallest absolute Gasteiger partial charge is 0.410 e. The van der Waals surface area contributed by atoms with Gasteiger partial charge in [-0.25, -0.2) is 4.79 Å². The number of ether oxygens (including phenoxy) is 1. The summed E-state index contributed by atoms with van der Waals surface area (Å²) in [5.41, 5.74) is 2.71. The molecule has 1 aliphatic heterocycles. The number of hydrogen-bond donors (Lipinski definition) is 3. The van der Waals surface area contributed by atoms with Gasteiger partial charge in [-0.1, -0.05) is 30.3 Å². The van der Waals surface area contributed by atoms with Gasteiger partial charge in [-0.2, -0.15) is 0 Å². The van der Waals surface area contributed by atoms with Gasteiger partial charge in [0.1, 0.15) is 11.8 Å². The first-order chi connectivity index (χ1) is 15.5. The fourth-order valence-corrected chi connectivity index (χ4v) is 3.26. The van der Waals surface area contributed by atoms with E-state index >= 15 is 0 Å². The molecule has 0 saturated carbocycles. The van der Waals surface area contributed by atoms with E-state index in [1.807, 2.05) is 36.4 Å². The highest BCUT2D eigenvalue weighted by Crippen LogP contribution is 2.27. The van der Waals surface area contributed by atoms with Crippen LogP contribution in [0.25, 0.3) is 0 Å². The average Bonchev–Trinajstić information content (AvgIpc) is 2.81. The second-order valence-corrected chi connectivity index (χ2v) is 7.27. The molecular formula is C24H22N4O4. The number of nitrogens with one attached hydrogen (secondary N) is 3. The number of carbonyl (C=O) groups is 3. The maximum atomic E-state index is 12.4. The Morgan fingerprint density at radius 3 is 2.31 bits per heavy atom. The molecule has 1 atom stereocenters. The average molecular weight is 430 g/mol. The van der Waals surface area contributed by atoms with Crippen molar-refractivity contribution in [2.75, 3.05) is 27.9 Å². The van der Waals surface area contributed by atoms with Crippen LogP contribution in [0.3, 0.4) is 0 Å². The number of rotatable bonds is 5. The monoisotopic (exact) mass is 430 g/mol. The van der Waals surface area contributed by atoms with E-state index in [0.717, 1.165) is 5.69 Å². The molecule has 1 unspecified atom stereocenters. The van der Waals surface area contributed by atoms with Gasteiger partial charge in [0.05, 0.1) is 17.8 Å². The van der Waals surface area contributed by atoms with Gasteiger partial charge in [0, 0.05) is 18.4 Å². The van der Waals surface area contributed by atoms with Gasteiger partial charge < -0.3 is 20.7 Å². The van der Waals surface area contributed by atoms with E-state index in [4.69, 9.17) is 4.74 Å². The Morgan fingerprint density at radius 1 is 0.938 bits per heavy atom. The Bertz CT molecular complexity index is 1130. The van der Waals surface area contributed by atoms with E-state index in [1.54, 1.807) is 49.5 Å². The summed E-state index contributed by atoms with van der Waals surface area (Å²) in [6.07, 6.45) is -0.554. The second-order valence-electron chi connectivity index (χ2n) is 7.27. The van der Waals surface area contributed by atoms with E-state index in [9.17, 15) is 14.4 Å².